The Morgan fingerprint density at radius 3 is 2.11 bits per heavy atom. The number of carbonyl (C=O) groups excluding carboxylic acids is 2. The molecule has 0 aliphatic carbocycles. The van der Waals surface area contributed by atoms with E-state index in [1.54, 1.807) is 24.3 Å². The third-order valence-corrected chi connectivity index (χ3v) is 9.00. The predicted molar refractivity (Wildman–Crippen MR) is 160 cm³/mol. The Hall–Kier alpha value is -4.17. The molecule has 1 spiro atoms. The number of quaternary nitrogens is 1. The quantitative estimate of drug-likeness (QED) is 0.0866. The third-order valence-electron chi connectivity index (χ3n) is 8.20. The van der Waals surface area contributed by atoms with Crippen molar-refractivity contribution in [1.82, 2.24) is 5.32 Å². The van der Waals surface area contributed by atoms with Crippen LogP contribution >= 0.6 is 0 Å². The second kappa shape index (κ2) is 12.1. The van der Waals surface area contributed by atoms with Crippen LogP contribution in [0.15, 0.2) is 54.6 Å². The first-order valence-corrected chi connectivity index (χ1v) is 16.0. The normalized spacial score (nSPS) is 15.8. The van der Waals surface area contributed by atoms with Crippen molar-refractivity contribution in [3.8, 4) is 23.0 Å². The van der Waals surface area contributed by atoms with Crippen LogP contribution in [0, 0.1) is 0 Å². The summed E-state index contributed by atoms with van der Waals surface area (Å²) in [5.41, 5.74) is 6.24. The van der Waals surface area contributed by atoms with Gasteiger partial charge in [-0.05, 0) is 42.9 Å². The van der Waals surface area contributed by atoms with Gasteiger partial charge in [-0.2, -0.15) is 8.42 Å². The maximum absolute atomic E-state index is 13.3. The van der Waals surface area contributed by atoms with Crippen LogP contribution in [0.2, 0.25) is 0 Å². The fourth-order valence-electron chi connectivity index (χ4n) is 6.05. The summed E-state index contributed by atoms with van der Waals surface area (Å²) in [6.45, 7) is 2.79. The number of carbonyl (C=O) groups is 2. The van der Waals surface area contributed by atoms with E-state index in [0.717, 1.165) is 13.0 Å². The van der Waals surface area contributed by atoms with Gasteiger partial charge in [0.1, 0.15) is 23.0 Å². The lowest BCUT2D eigenvalue weighted by Gasteiger charge is -2.36. The summed E-state index contributed by atoms with van der Waals surface area (Å²) >= 11 is 0. The van der Waals surface area contributed by atoms with Gasteiger partial charge in [-0.15, -0.1) is 0 Å². The summed E-state index contributed by atoms with van der Waals surface area (Å²) < 4.78 is 43.9. The van der Waals surface area contributed by atoms with Gasteiger partial charge in [-0.25, -0.2) is 4.79 Å². The molecule has 0 saturated carbocycles. The van der Waals surface area contributed by atoms with E-state index in [1.807, 2.05) is 7.05 Å². The van der Waals surface area contributed by atoms with Gasteiger partial charge >= 0.3 is 5.97 Å². The molecule has 0 aromatic heterocycles. The molecule has 234 valence electrons. The smallest absolute Gasteiger partial charge is 0.340 e. The summed E-state index contributed by atoms with van der Waals surface area (Å²) in [5, 5.41) is 23.1. The van der Waals surface area contributed by atoms with E-state index in [1.165, 1.54) is 30.3 Å². The van der Waals surface area contributed by atoms with Crippen molar-refractivity contribution in [3.63, 3.8) is 0 Å². The van der Waals surface area contributed by atoms with Gasteiger partial charge in [0.2, 0.25) is 0 Å². The van der Waals surface area contributed by atoms with Crippen molar-refractivity contribution < 1.29 is 46.7 Å². The van der Waals surface area contributed by atoms with Gasteiger partial charge in [0.25, 0.3) is 16.0 Å². The Morgan fingerprint density at radius 2 is 1.50 bits per heavy atom. The lowest BCUT2D eigenvalue weighted by Crippen LogP contribution is -2.48. The number of nitrogens with one attached hydrogen (secondary N) is 1. The van der Waals surface area contributed by atoms with Crippen LogP contribution in [-0.4, -0.2) is 85.1 Å². The Morgan fingerprint density at radius 1 is 0.909 bits per heavy atom. The maximum Gasteiger partial charge on any atom is 0.340 e. The zero-order valence-electron chi connectivity index (χ0n) is 24.3. The molecule has 0 saturated heterocycles. The lowest BCUT2D eigenvalue weighted by molar-refractivity contribution is -0.909. The minimum Gasteiger partial charge on any atom is -0.508 e. The van der Waals surface area contributed by atoms with E-state index in [-0.39, 0.29) is 45.8 Å². The van der Waals surface area contributed by atoms with E-state index in [2.05, 4.69) is 5.32 Å². The van der Waals surface area contributed by atoms with Crippen LogP contribution in [-0.2, 0) is 20.5 Å². The molecule has 0 fully saturated rings. The number of esters is 1. The van der Waals surface area contributed by atoms with Crippen LogP contribution in [0.5, 0.6) is 23.0 Å². The second-order valence-electron chi connectivity index (χ2n) is 11.5. The molecule has 0 radical (unpaired) electrons. The molecule has 2 aliphatic heterocycles. The van der Waals surface area contributed by atoms with Crippen LogP contribution < -0.4 is 15.8 Å². The Kier molecular flexibility index (Phi) is 8.58. The zero-order chi connectivity index (χ0) is 31.7. The van der Waals surface area contributed by atoms with Crippen LogP contribution in [0.1, 0.15) is 56.7 Å². The molecule has 0 bridgehead atoms. The summed E-state index contributed by atoms with van der Waals surface area (Å²) in [4.78, 5) is 26.4. The van der Waals surface area contributed by atoms with Crippen molar-refractivity contribution >= 4 is 22.0 Å². The van der Waals surface area contributed by atoms with E-state index in [9.17, 15) is 28.2 Å². The molecule has 13 heteroatoms. The van der Waals surface area contributed by atoms with Gasteiger partial charge in [-0.1, -0.05) is 6.07 Å². The summed E-state index contributed by atoms with van der Waals surface area (Å²) in [6, 6.07) is 13.8. The minimum atomic E-state index is -4.04. The fraction of sp³-hybridized carbons (Fsp3) is 0.355. The summed E-state index contributed by atoms with van der Waals surface area (Å²) in [7, 11) is -2.04. The molecule has 2 heterocycles. The number of rotatable bonds is 12. The molecule has 12 nitrogen and oxygen atoms in total. The number of fused-ring (bicyclic) bond motifs is 6. The number of phenolic OH excluding ortho intramolecular Hbond substituents is 2. The molecular weight excluding hydrogens is 590 g/mol. The number of benzene rings is 3. The monoisotopic (exact) mass is 626 g/mol. The van der Waals surface area contributed by atoms with E-state index in [0.29, 0.717) is 60.2 Å². The maximum atomic E-state index is 13.3. The number of ether oxygens (including phenoxy) is 2. The molecule has 2 aliphatic rings. The van der Waals surface area contributed by atoms with Crippen LogP contribution in [0.4, 0.5) is 0 Å². The molecule has 44 heavy (non-hydrogen) atoms. The molecule has 1 unspecified atom stereocenters. The molecule has 1 atom stereocenters. The first-order valence-electron chi connectivity index (χ1n) is 14.3. The van der Waals surface area contributed by atoms with E-state index < -0.39 is 21.7 Å². The van der Waals surface area contributed by atoms with Gasteiger partial charge in [0.15, 0.2) is 5.60 Å². The topological polar surface area (TPSA) is 185 Å². The highest BCUT2D eigenvalue weighted by molar-refractivity contribution is 7.85. The highest BCUT2D eigenvalue weighted by Crippen LogP contribution is 2.57. The average molecular weight is 627 g/mol. The number of nitrogens with zero attached hydrogens (tertiary/aromatic N) is 1. The van der Waals surface area contributed by atoms with Gasteiger partial charge in [0, 0.05) is 60.2 Å². The molecule has 1 amide bonds. The standard InChI is InChI=1S/C31H35N3O9S/c1-34(13-2-11-32,15-4-16-44(39,40)41)14-3-12-33-29(37)20-5-8-24-23(17-20)30(38)43-31(24)25-9-6-21(35)18-27(25)42-28-19-22(36)7-10-26(28)31/h5-10,17-19H,2-4,11-16,32H2,1H3,(H3-,33,35,36,37,39,40,41)/p+1. The first kappa shape index (κ1) is 31.3. The number of hydrogen-bond acceptors (Lipinski definition) is 9. The van der Waals surface area contributed by atoms with Crippen molar-refractivity contribution in [2.45, 2.75) is 24.9 Å². The van der Waals surface area contributed by atoms with Crippen molar-refractivity contribution in [2.24, 2.45) is 5.73 Å². The number of phenols is 2. The highest BCUT2D eigenvalue weighted by atomic mass is 32.2. The zero-order valence-corrected chi connectivity index (χ0v) is 25.1. The fourth-order valence-corrected chi connectivity index (χ4v) is 6.54. The Balaban J connectivity index is 1.33. The van der Waals surface area contributed by atoms with Crippen molar-refractivity contribution in [3.05, 3.63) is 82.4 Å². The average Bonchev–Trinajstić information content (AvgIpc) is 3.25. The predicted octanol–water partition coefficient (Wildman–Crippen LogP) is 2.86. The summed E-state index contributed by atoms with van der Waals surface area (Å²) in [6.07, 6.45) is 1.68. The number of nitrogens with two attached hydrogens (primary N) is 1. The van der Waals surface area contributed by atoms with Crippen LogP contribution in [0.25, 0.3) is 0 Å². The second-order valence-corrected chi connectivity index (χ2v) is 13.0. The minimum absolute atomic E-state index is 0.0457. The number of hydrogen-bond donors (Lipinski definition) is 5. The number of aromatic hydroxyl groups is 2. The SMILES string of the molecule is C[N+](CCCN)(CCCNC(=O)c1ccc2c(c1)C(=O)OC21c2ccc(O)cc2Oc2cc(O)ccc21)CCCS(=O)(=O)O. The number of amides is 1. The van der Waals surface area contributed by atoms with Crippen molar-refractivity contribution in [2.75, 3.05) is 45.5 Å². The van der Waals surface area contributed by atoms with Gasteiger partial charge in [-0.3, -0.25) is 9.35 Å². The largest absolute Gasteiger partial charge is 0.508 e. The van der Waals surface area contributed by atoms with Gasteiger partial charge in [0.05, 0.1) is 38.0 Å². The van der Waals surface area contributed by atoms with Gasteiger partial charge < -0.3 is 35.2 Å². The molecule has 5 rings (SSSR count). The van der Waals surface area contributed by atoms with Crippen molar-refractivity contribution in [1.29, 1.82) is 0 Å². The highest BCUT2D eigenvalue weighted by Gasteiger charge is 2.53. The Bertz CT molecular complexity index is 1660. The molecular formula is C31H36N3O9S+. The first-order chi connectivity index (χ1) is 20.8. The molecule has 3 aromatic carbocycles. The lowest BCUT2D eigenvalue weighted by atomic mass is 9.77. The third kappa shape index (κ3) is 6.22. The molecule has 6 N–H and O–H groups in total. The van der Waals surface area contributed by atoms with Crippen LogP contribution in [0.3, 0.4) is 0 Å². The Labute approximate surface area is 255 Å². The summed E-state index contributed by atoms with van der Waals surface area (Å²) in [5.74, 6) is -0.872. The van der Waals surface area contributed by atoms with E-state index >= 15 is 0 Å². The van der Waals surface area contributed by atoms with E-state index in [4.69, 9.17) is 19.8 Å². The molecule has 3 aromatic rings.